The van der Waals surface area contributed by atoms with E-state index in [1.165, 1.54) is 12.1 Å². The second-order valence-electron chi connectivity index (χ2n) is 5.18. The average Bonchev–Trinajstić information content (AvgIpc) is 2.59. The molecule has 0 fully saturated rings. The molecule has 0 saturated heterocycles. The van der Waals surface area contributed by atoms with Crippen LogP contribution in [0.1, 0.15) is 24.9 Å². The van der Waals surface area contributed by atoms with Gasteiger partial charge in [0.25, 0.3) is 0 Å². The van der Waals surface area contributed by atoms with Crippen molar-refractivity contribution in [2.75, 3.05) is 19.5 Å². The van der Waals surface area contributed by atoms with E-state index < -0.39 is 0 Å². The highest BCUT2D eigenvalue weighted by Crippen LogP contribution is 2.30. The maximum Gasteiger partial charge on any atom is 0.171 e. The van der Waals surface area contributed by atoms with Crippen LogP contribution in [0.15, 0.2) is 42.5 Å². The molecule has 0 aromatic heterocycles. The summed E-state index contributed by atoms with van der Waals surface area (Å²) in [6, 6.07) is 11.9. The van der Waals surface area contributed by atoms with Gasteiger partial charge in [-0.05, 0) is 54.5 Å². The highest BCUT2D eigenvalue weighted by molar-refractivity contribution is 7.80. The fourth-order valence-corrected chi connectivity index (χ4v) is 2.64. The minimum absolute atomic E-state index is 0.00151. The van der Waals surface area contributed by atoms with E-state index >= 15 is 0 Å². The lowest BCUT2D eigenvalue weighted by molar-refractivity contribution is 0.354. The van der Waals surface area contributed by atoms with E-state index in [0.29, 0.717) is 22.3 Å². The largest absolute Gasteiger partial charge is 0.493 e. The number of anilines is 1. The first-order valence-electron chi connectivity index (χ1n) is 7.62. The molecular formula is C18H21FN2O2S. The minimum Gasteiger partial charge on any atom is -0.493 e. The number of thiocarbonyl (C=S) groups is 1. The van der Waals surface area contributed by atoms with Crippen molar-refractivity contribution in [1.29, 1.82) is 0 Å². The standard InChI is InChI=1S/C18H21FN2O2S/c1-4-15(12-8-9-16(22-2)17(10-12)23-3)21-18(24)20-14-7-5-6-13(19)11-14/h5-11,15H,4H2,1-3H3,(H2,20,21,24)/t15-/m1/s1. The third-order valence-corrected chi connectivity index (χ3v) is 3.83. The van der Waals surface area contributed by atoms with E-state index in [1.807, 2.05) is 18.2 Å². The first-order valence-corrected chi connectivity index (χ1v) is 8.03. The molecule has 24 heavy (non-hydrogen) atoms. The van der Waals surface area contributed by atoms with Crippen molar-refractivity contribution in [2.45, 2.75) is 19.4 Å². The van der Waals surface area contributed by atoms with Crippen LogP contribution in [-0.2, 0) is 0 Å². The molecule has 6 heteroatoms. The number of hydrogen-bond acceptors (Lipinski definition) is 3. The molecule has 0 saturated carbocycles. The van der Waals surface area contributed by atoms with Gasteiger partial charge in [0.05, 0.1) is 20.3 Å². The minimum atomic E-state index is -0.310. The monoisotopic (exact) mass is 348 g/mol. The Balaban J connectivity index is 2.09. The topological polar surface area (TPSA) is 42.5 Å². The Morgan fingerprint density at radius 2 is 1.88 bits per heavy atom. The average molecular weight is 348 g/mol. The lowest BCUT2D eigenvalue weighted by Crippen LogP contribution is -2.32. The predicted octanol–water partition coefficient (Wildman–Crippen LogP) is 4.28. The summed E-state index contributed by atoms with van der Waals surface area (Å²) in [6.45, 7) is 2.05. The molecule has 0 radical (unpaired) electrons. The molecule has 0 aliphatic rings. The van der Waals surface area contributed by atoms with E-state index in [-0.39, 0.29) is 11.9 Å². The second-order valence-corrected chi connectivity index (χ2v) is 5.59. The summed E-state index contributed by atoms with van der Waals surface area (Å²) in [4.78, 5) is 0. The summed E-state index contributed by atoms with van der Waals surface area (Å²) >= 11 is 5.33. The van der Waals surface area contributed by atoms with Crippen LogP contribution in [0.4, 0.5) is 10.1 Å². The Labute approximate surface area is 147 Å². The Bertz CT molecular complexity index is 709. The number of halogens is 1. The smallest absolute Gasteiger partial charge is 0.171 e. The molecule has 0 bridgehead atoms. The number of hydrogen-bond donors (Lipinski definition) is 2. The van der Waals surface area contributed by atoms with Crippen molar-refractivity contribution in [2.24, 2.45) is 0 Å². The summed E-state index contributed by atoms with van der Waals surface area (Å²) in [7, 11) is 3.21. The van der Waals surface area contributed by atoms with Gasteiger partial charge in [0.1, 0.15) is 5.82 Å². The molecule has 0 aliphatic carbocycles. The molecule has 0 spiro atoms. The number of ether oxygens (including phenoxy) is 2. The van der Waals surface area contributed by atoms with E-state index in [4.69, 9.17) is 21.7 Å². The summed E-state index contributed by atoms with van der Waals surface area (Å²) in [6.07, 6.45) is 0.820. The van der Waals surface area contributed by atoms with Crippen molar-refractivity contribution in [3.8, 4) is 11.5 Å². The highest BCUT2D eigenvalue weighted by atomic mass is 32.1. The molecule has 2 aromatic rings. The van der Waals surface area contributed by atoms with Gasteiger partial charge in [0, 0.05) is 5.69 Å². The zero-order chi connectivity index (χ0) is 17.5. The molecule has 128 valence electrons. The first-order chi connectivity index (χ1) is 11.6. The molecular weight excluding hydrogens is 327 g/mol. The van der Waals surface area contributed by atoms with Crippen molar-refractivity contribution < 1.29 is 13.9 Å². The van der Waals surface area contributed by atoms with Gasteiger partial charge in [-0.3, -0.25) is 0 Å². The zero-order valence-corrected chi connectivity index (χ0v) is 14.7. The summed E-state index contributed by atoms with van der Waals surface area (Å²) in [5.74, 6) is 1.03. The molecule has 4 nitrogen and oxygen atoms in total. The van der Waals surface area contributed by atoms with E-state index in [0.717, 1.165) is 12.0 Å². The van der Waals surface area contributed by atoms with Crippen LogP contribution in [0.5, 0.6) is 11.5 Å². The van der Waals surface area contributed by atoms with Crippen LogP contribution in [0.25, 0.3) is 0 Å². The molecule has 0 unspecified atom stereocenters. The van der Waals surface area contributed by atoms with Crippen LogP contribution in [0.2, 0.25) is 0 Å². The third kappa shape index (κ3) is 4.58. The lowest BCUT2D eigenvalue weighted by Gasteiger charge is -2.21. The van der Waals surface area contributed by atoms with E-state index in [2.05, 4.69) is 17.6 Å². The molecule has 1 atom stereocenters. The molecule has 2 rings (SSSR count). The molecule has 0 aliphatic heterocycles. The van der Waals surface area contributed by atoms with Crippen molar-refractivity contribution >= 4 is 23.0 Å². The predicted molar refractivity (Wildman–Crippen MR) is 98.3 cm³/mol. The normalized spacial score (nSPS) is 11.5. The summed E-state index contributed by atoms with van der Waals surface area (Å²) in [5.41, 5.74) is 1.63. The Morgan fingerprint density at radius 1 is 1.12 bits per heavy atom. The van der Waals surface area contributed by atoms with Crippen molar-refractivity contribution in [1.82, 2.24) is 5.32 Å². The zero-order valence-electron chi connectivity index (χ0n) is 13.9. The fourth-order valence-electron chi connectivity index (χ4n) is 2.38. The van der Waals surface area contributed by atoms with Crippen molar-refractivity contribution in [3.05, 3.63) is 53.8 Å². The third-order valence-electron chi connectivity index (χ3n) is 3.61. The molecule has 2 aromatic carbocycles. The summed E-state index contributed by atoms with van der Waals surface area (Å²) < 4.78 is 23.8. The van der Waals surface area contributed by atoms with Gasteiger partial charge in [-0.1, -0.05) is 19.1 Å². The van der Waals surface area contributed by atoms with Gasteiger partial charge in [-0.25, -0.2) is 4.39 Å². The van der Waals surface area contributed by atoms with E-state index in [1.54, 1.807) is 26.4 Å². The van der Waals surface area contributed by atoms with Crippen LogP contribution >= 0.6 is 12.2 Å². The second kappa shape index (κ2) is 8.49. The van der Waals surface area contributed by atoms with Crippen LogP contribution < -0.4 is 20.1 Å². The van der Waals surface area contributed by atoms with Crippen LogP contribution in [0, 0.1) is 5.82 Å². The Kier molecular flexibility index (Phi) is 6.37. The maximum atomic E-state index is 13.2. The number of methoxy groups -OCH3 is 2. The lowest BCUT2D eigenvalue weighted by atomic mass is 10.0. The van der Waals surface area contributed by atoms with Crippen LogP contribution in [0.3, 0.4) is 0 Å². The molecule has 0 amide bonds. The molecule has 0 heterocycles. The number of rotatable bonds is 6. The SMILES string of the molecule is CC[C@@H](NC(=S)Nc1cccc(F)c1)c1ccc(OC)c(OC)c1. The molecule has 2 N–H and O–H groups in total. The summed E-state index contributed by atoms with van der Waals surface area (Å²) in [5, 5.41) is 6.67. The van der Waals surface area contributed by atoms with Gasteiger partial charge in [-0.15, -0.1) is 0 Å². The van der Waals surface area contributed by atoms with Crippen LogP contribution in [-0.4, -0.2) is 19.3 Å². The van der Waals surface area contributed by atoms with E-state index in [9.17, 15) is 4.39 Å². The van der Waals surface area contributed by atoms with Gasteiger partial charge in [-0.2, -0.15) is 0 Å². The van der Waals surface area contributed by atoms with Crippen molar-refractivity contribution in [3.63, 3.8) is 0 Å². The number of nitrogens with one attached hydrogen (secondary N) is 2. The highest BCUT2D eigenvalue weighted by Gasteiger charge is 2.14. The first kappa shape index (κ1) is 18.0. The van der Waals surface area contributed by atoms with Gasteiger partial charge < -0.3 is 20.1 Å². The quantitative estimate of drug-likeness (QED) is 0.763. The Hall–Kier alpha value is -2.34. The number of benzene rings is 2. The van der Waals surface area contributed by atoms with Gasteiger partial charge in [0.15, 0.2) is 16.6 Å². The Morgan fingerprint density at radius 3 is 2.50 bits per heavy atom. The van der Waals surface area contributed by atoms with Gasteiger partial charge >= 0.3 is 0 Å². The van der Waals surface area contributed by atoms with Gasteiger partial charge in [0.2, 0.25) is 0 Å². The fraction of sp³-hybridized carbons (Fsp3) is 0.278. The maximum absolute atomic E-state index is 13.2.